The van der Waals surface area contributed by atoms with Crippen molar-refractivity contribution in [1.29, 1.82) is 0 Å². The summed E-state index contributed by atoms with van der Waals surface area (Å²) in [6.45, 7) is 7.00. The molecule has 116 valence electrons. The average Bonchev–Trinajstić information content (AvgIpc) is 2.89. The fourth-order valence-corrected chi connectivity index (χ4v) is 3.35. The van der Waals surface area contributed by atoms with Gasteiger partial charge in [-0.05, 0) is 44.8 Å². The van der Waals surface area contributed by atoms with Crippen LogP contribution in [0.1, 0.15) is 38.7 Å². The van der Waals surface area contributed by atoms with Crippen molar-refractivity contribution in [2.24, 2.45) is 5.73 Å². The topological polar surface area (TPSA) is 58.4 Å². The van der Waals surface area contributed by atoms with Gasteiger partial charge in [-0.1, -0.05) is 37.3 Å². The third-order valence-electron chi connectivity index (χ3n) is 4.63. The highest BCUT2D eigenvalue weighted by Gasteiger charge is 2.38. The minimum atomic E-state index is -0.766. The van der Waals surface area contributed by atoms with Crippen LogP contribution in [0.15, 0.2) is 30.3 Å². The molecule has 0 aromatic heterocycles. The van der Waals surface area contributed by atoms with E-state index in [2.05, 4.69) is 17.1 Å². The maximum atomic E-state index is 12.2. The molecule has 1 aliphatic heterocycles. The molecule has 4 nitrogen and oxygen atoms in total. The zero-order valence-electron chi connectivity index (χ0n) is 13.1. The first-order valence-electron chi connectivity index (χ1n) is 7.94. The lowest BCUT2D eigenvalue weighted by atomic mass is 9.85. The Kier molecular flexibility index (Phi) is 5.37. The Morgan fingerprint density at radius 3 is 2.67 bits per heavy atom. The van der Waals surface area contributed by atoms with Gasteiger partial charge in [-0.15, -0.1) is 0 Å². The number of hydrogen-bond acceptors (Lipinski definition) is 3. The summed E-state index contributed by atoms with van der Waals surface area (Å²) in [5, 5.41) is 3.35. The third-order valence-corrected chi connectivity index (χ3v) is 4.63. The fraction of sp³-hybridized carbons (Fsp3) is 0.588. The average molecular weight is 289 g/mol. The standard InChI is InChI=1S/C17H27N3O/c1-3-19-17(16(18)21,15-9-5-4-6-10-15)11-13-20-12-7-8-14(20)2/h4-6,9-10,14,19H,3,7-8,11-13H2,1-2H3,(H2,18,21). The molecule has 2 atom stereocenters. The summed E-state index contributed by atoms with van der Waals surface area (Å²) in [5.41, 5.74) is 5.99. The van der Waals surface area contributed by atoms with Crippen LogP contribution < -0.4 is 11.1 Å². The summed E-state index contributed by atoms with van der Waals surface area (Å²) >= 11 is 0. The van der Waals surface area contributed by atoms with Crippen molar-refractivity contribution < 1.29 is 4.79 Å². The molecule has 1 aromatic carbocycles. The Hall–Kier alpha value is -1.39. The molecule has 0 spiro atoms. The molecule has 3 N–H and O–H groups in total. The monoisotopic (exact) mass is 289 g/mol. The van der Waals surface area contributed by atoms with E-state index in [0.29, 0.717) is 19.0 Å². The number of nitrogens with zero attached hydrogens (tertiary/aromatic N) is 1. The Morgan fingerprint density at radius 2 is 2.14 bits per heavy atom. The van der Waals surface area contributed by atoms with Gasteiger partial charge in [0.05, 0.1) is 0 Å². The first-order valence-corrected chi connectivity index (χ1v) is 7.94. The summed E-state index contributed by atoms with van der Waals surface area (Å²) in [6, 6.07) is 10.5. The Morgan fingerprint density at radius 1 is 1.43 bits per heavy atom. The number of benzene rings is 1. The highest BCUT2D eigenvalue weighted by molar-refractivity contribution is 5.86. The van der Waals surface area contributed by atoms with Crippen LogP contribution in [-0.4, -0.2) is 36.5 Å². The van der Waals surface area contributed by atoms with Crippen molar-refractivity contribution in [3.8, 4) is 0 Å². The van der Waals surface area contributed by atoms with E-state index in [0.717, 1.165) is 18.7 Å². The third kappa shape index (κ3) is 3.44. The molecule has 0 aliphatic carbocycles. The first-order chi connectivity index (χ1) is 10.1. The SMILES string of the molecule is CCNC(CCN1CCCC1C)(C(N)=O)c1ccccc1. The largest absolute Gasteiger partial charge is 0.368 e. The van der Waals surface area contributed by atoms with Crippen LogP contribution in [0.3, 0.4) is 0 Å². The molecule has 1 amide bonds. The Labute approximate surface area is 127 Å². The van der Waals surface area contributed by atoms with Gasteiger partial charge in [0.25, 0.3) is 0 Å². The molecule has 1 aromatic rings. The highest BCUT2D eigenvalue weighted by atomic mass is 16.1. The number of carbonyl (C=O) groups excluding carboxylic acids is 1. The molecular weight excluding hydrogens is 262 g/mol. The molecule has 1 heterocycles. The van der Waals surface area contributed by atoms with E-state index in [1.165, 1.54) is 12.8 Å². The van der Waals surface area contributed by atoms with Gasteiger partial charge in [0.1, 0.15) is 5.54 Å². The van der Waals surface area contributed by atoms with Crippen LogP contribution >= 0.6 is 0 Å². The van der Waals surface area contributed by atoms with E-state index in [1.807, 2.05) is 37.3 Å². The second-order valence-corrected chi connectivity index (χ2v) is 5.94. The van der Waals surface area contributed by atoms with Crippen LogP contribution in [0, 0.1) is 0 Å². The van der Waals surface area contributed by atoms with Gasteiger partial charge in [0.15, 0.2) is 0 Å². The molecule has 21 heavy (non-hydrogen) atoms. The van der Waals surface area contributed by atoms with Crippen LogP contribution in [-0.2, 0) is 10.3 Å². The van der Waals surface area contributed by atoms with Crippen molar-refractivity contribution in [2.75, 3.05) is 19.6 Å². The first kappa shape index (κ1) is 16.0. The van der Waals surface area contributed by atoms with Crippen molar-refractivity contribution in [1.82, 2.24) is 10.2 Å². The fourth-order valence-electron chi connectivity index (χ4n) is 3.35. The second-order valence-electron chi connectivity index (χ2n) is 5.94. The number of likely N-dealkylation sites (tertiary alicyclic amines) is 1. The molecule has 1 saturated heterocycles. The minimum absolute atomic E-state index is 0.289. The molecule has 1 fully saturated rings. The smallest absolute Gasteiger partial charge is 0.242 e. The van der Waals surface area contributed by atoms with Gasteiger partial charge in [-0.2, -0.15) is 0 Å². The van der Waals surface area contributed by atoms with Crippen LogP contribution in [0.2, 0.25) is 0 Å². The van der Waals surface area contributed by atoms with E-state index in [4.69, 9.17) is 5.73 Å². The van der Waals surface area contributed by atoms with E-state index < -0.39 is 5.54 Å². The van der Waals surface area contributed by atoms with Gasteiger partial charge < -0.3 is 10.6 Å². The van der Waals surface area contributed by atoms with Crippen LogP contribution in [0.5, 0.6) is 0 Å². The van der Waals surface area contributed by atoms with Crippen molar-refractivity contribution in [2.45, 2.75) is 44.7 Å². The Balaban J connectivity index is 2.20. The lowest BCUT2D eigenvalue weighted by molar-refractivity contribution is -0.125. The van der Waals surface area contributed by atoms with Crippen molar-refractivity contribution >= 4 is 5.91 Å². The normalized spacial score (nSPS) is 22.1. The summed E-state index contributed by atoms with van der Waals surface area (Å²) in [4.78, 5) is 14.7. The van der Waals surface area contributed by atoms with E-state index in [1.54, 1.807) is 0 Å². The van der Waals surface area contributed by atoms with Gasteiger partial charge in [-0.25, -0.2) is 0 Å². The van der Waals surface area contributed by atoms with Crippen molar-refractivity contribution in [3.63, 3.8) is 0 Å². The summed E-state index contributed by atoms with van der Waals surface area (Å²) in [6.07, 6.45) is 3.21. The van der Waals surface area contributed by atoms with Gasteiger partial charge in [-0.3, -0.25) is 10.1 Å². The second kappa shape index (κ2) is 7.05. The highest BCUT2D eigenvalue weighted by Crippen LogP contribution is 2.27. The number of primary amides is 1. The number of likely N-dealkylation sites (N-methyl/N-ethyl adjacent to an activating group) is 1. The van der Waals surface area contributed by atoms with Gasteiger partial charge in [0, 0.05) is 12.6 Å². The summed E-state index contributed by atoms with van der Waals surface area (Å²) in [5.74, 6) is -0.289. The minimum Gasteiger partial charge on any atom is -0.368 e. The van der Waals surface area contributed by atoms with Crippen LogP contribution in [0.25, 0.3) is 0 Å². The number of carbonyl (C=O) groups is 1. The molecule has 2 rings (SSSR count). The number of hydrogen-bond donors (Lipinski definition) is 2. The number of amides is 1. The van der Waals surface area contributed by atoms with Crippen molar-refractivity contribution in [3.05, 3.63) is 35.9 Å². The summed E-state index contributed by atoms with van der Waals surface area (Å²) < 4.78 is 0. The maximum absolute atomic E-state index is 12.2. The zero-order valence-corrected chi connectivity index (χ0v) is 13.1. The number of nitrogens with two attached hydrogens (primary N) is 1. The molecule has 2 unspecified atom stereocenters. The molecule has 0 saturated carbocycles. The summed E-state index contributed by atoms with van der Waals surface area (Å²) in [7, 11) is 0. The molecular formula is C17H27N3O. The molecule has 1 aliphatic rings. The van der Waals surface area contributed by atoms with Gasteiger partial charge >= 0.3 is 0 Å². The quantitative estimate of drug-likeness (QED) is 0.805. The number of nitrogens with one attached hydrogen (secondary N) is 1. The van der Waals surface area contributed by atoms with Gasteiger partial charge in [0.2, 0.25) is 5.91 Å². The Bertz CT molecular complexity index is 462. The van der Waals surface area contributed by atoms with E-state index in [9.17, 15) is 4.79 Å². The molecule has 4 heteroatoms. The van der Waals surface area contributed by atoms with E-state index >= 15 is 0 Å². The van der Waals surface area contributed by atoms with Crippen LogP contribution in [0.4, 0.5) is 0 Å². The molecule has 0 radical (unpaired) electrons. The lowest BCUT2D eigenvalue weighted by Gasteiger charge is -2.34. The molecule has 0 bridgehead atoms. The predicted molar refractivity (Wildman–Crippen MR) is 85.9 cm³/mol. The maximum Gasteiger partial charge on any atom is 0.242 e. The van der Waals surface area contributed by atoms with E-state index in [-0.39, 0.29) is 5.91 Å². The predicted octanol–water partition coefficient (Wildman–Crippen LogP) is 1.85. The zero-order chi connectivity index (χ0) is 15.3. The lowest BCUT2D eigenvalue weighted by Crippen LogP contribution is -2.54. The number of rotatable bonds is 7.